The molecule has 108 valence electrons. The highest BCUT2D eigenvalue weighted by molar-refractivity contribution is 5.30. The van der Waals surface area contributed by atoms with Crippen LogP contribution < -0.4 is 5.32 Å². The van der Waals surface area contributed by atoms with Gasteiger partial charge in [-0.2, -0.15) is 0 Å². The van der Waals surface area contributed by atoms with Gasteiger partial charge in [0.2, 0.25) is 5.95 Å². The predicted molar refractivity (Wildman–Crippen MR) is 74.5 cm³/mol. The zero-order valence-electron chi connectivity index (χ0n) is 11.5. The Hall–Kier alpha value is -1.76. The second-order valence-corrected chi connectivity index (χ2v) is 5.79. The highest BCUT2D eigenvalue weighted by Crippen LogP contribution is 2.37. The molecule has 1 N–H and O–H groups in total. The van der Waals surface area contributed by atoms with Crippen LogP contribution in [0.25, 0.3) is 0 Å². The van der Waals surface area contributed by atoms with Crippen molar-refractivity contribution < 1.29 is 4.92 Å². The van der Waals surface area contributed by atoms with Gasteiger partial charge < -0.3 is 10.2 Å². The normalized spacial score (nSPS) is 29.4. The fraction of sp³-hybridized carbons (Fsp3) is 0.692. The Morgan fingerprint density at radius 1 is 1.35 bits per heavy atom. The van der Waals surface area contributed by atoms with Crippen LogP contribution in [-0.2, 0) is 0 Å². The molecule has 0 spiro atoms. The minimum atomic E-state index is -0.488. The van der Waals surface area contributed by atoms with Crippen LogP contribution >= 0.6 is 0 Å². The number of nitro groups is 1. The van der Waals surface area contributed by atoms with E-state index in [1.807, 2.05) is 0 Å². The minimum Gasteiger partial charge on any atom is -0.354 e. The van der Waals surface area contributed by atoms with Crippen molar-refractivity contribution in [2.45, 2.75) is 37.8 Å². The topological polar surface area (TPSA) is 84.2 Å². The SMILES string of the molecule is CN1C2CCC1CC(CNc1ncc([N+](=O)[O-])cn1)C2. The highest BCUT2D eigenvalue weighted by atomic mass is 16.6. The monoisotopic (exact) mass is 277 g/mol. The molecule has 2 bridgehead atoms. The third kappa shape index (κ3) is 2.58. The van der Waals surface area contributed by atoms with Crippen LogP contribution in [0.15, 0.2) is 12.4 Å². The van der Waals surface area contributed by atoms with Gasteiger partial charge in [-0.1, -0.05) is 0 Å². The van der Waals surface area contributed by atoms with E-state index in [1.54, 1.807) is 0 Å². The van der Waals surface area contributed by atoms with Gasteiger partial charge in [0.1, 0.15) is 12.4 Å². The molecular formula is C13H19N5O2. The third-order valence-electron chi connectivity index (χ3n) is 4.59. The fourth-order valence-electron chi connectivity index (χ4n) is 3.43. The second-order valence-electron chi connectivity index (χ2n) is 5.79. The summed E-state index contributed by atoms with van der Waals surface area (Å²) < 4.78 is 0. The third-order valence-corrected chi connectivity index (χ3v) is 4.59. The number of rotatable bonds is 4. The van der Waals surface area contributed by atoms with E-state index >= 15 is 0 Å². The Labute approximate surface area is 117 Å². The first-order chi connectivity index (χ1) is 9.63. The van der Waals surface area contributed by atoms with Crippen molar-refractivity contribution in [3.05, 3.63) is 22.5 Å². The molecular weight excluding hydrogens is 258 g/mol. The number of fused-ring (bicyclic) bond motifs is 2. The smallest absolute Gasteiger partial charge is 0.305 e. The van der Waals surface area contributed by atoms with E-state index in [9.17, 15) is 10.1 Å². The molecule has 0 saturated carbocycles. The number of nitrogens with zero attached hydrogens (tertiary/aromatic N) is 4. The molecule has 0 aliphatic carbocycles. The first kappa shape index (κ1) is 13.2. The number of aromatic nitrogens is 2. The molecule has 7 nitrogen and oxygen atoms in total. The second kappa shape index (κ2) is 5.32. The summed E-state index contributed by atoms with van der Waals surface area (Å²) in [4.78, 5) is 20.5. The van der Waals surface area contributed by atoms with Crippen molar-refractivity contribution in [3.8, 4) is 0 Å². The van der Waals surface area contributed by atoms with Crippen molar-refractivity contribution in [1.29, 1.82) is 0 Å². The summed E-state index contributed by atoms with van der Waals surface area (Å²) in [6, 6.07) is 1.44. The van der Waals surface area contributed by atoms with Gasteiger partial charge in [-0.3, -0.25) is 10.1 Å². The lowest BCUT2D eigenvalue weighted by Crippen LogP contribution is -2.41. The van der Waals surface area contributed by atoms with E-state index in [-0.39, 0.29) is 5.69 Å². The Kier molecular flexibility index (Phi) is 3.52. The lowest BCUT2D eigenvalue weighted by Gasteiger charge is -2.36. The number of hydrogen-bond acceptors (Lipinski definition) is 6. The number of hydrogen-bond donors (Lipinski definition) is 1. The van der Waals surface area contributed by atoms with Crippen molar-refractivity contribution in [3.63, 3.8) is 0 Å². The largest absolute Gasteiger partial charge is 0.354 e. The van der Waals surface area contributed by atoms with Crippen molar-refractivity contribution in [2.75, 3.05) is 18.9 Å². The molecule has 7 heteroatoms. The van der Waals surface area contributed by atoms with Gasteiger partial charge in [0.15, 0.2) is 0 Å². The van der Waals surface area contributed by atoms with Crippen LogP contribution in [0.3, 0.4) is 0 Å². The summed E-state index contributed by atoms with van der Waals surface area (Å²) in [6.45, 7) is 0.846. The van der Waals surface area contributed by atoms with Crippen molar-refractivity contribution >= 4 is 11.6 Å². The van der Waals surface area contributed by atoms with E-state index in [1.165, 1.54) is 38.1 Å². The molecule has 0 radical (unpaired) electrons. The molecule has 0 amide bonds. The van der Waals surface area contributed by atoms with E-state index in [0.29, 0.717) is 11.9 Å². The Morgan fingerprint density at radius 3 is 2.50 bits per heavy atom. The summed E-state index contributed by atoms with van der Waals surface area (Å²) in [7, 11) is 2.23. The maximum absolute atomic E-state index is 10.5. The summed E-state index contributed by atoms with van der Waals surface area (Å²) in [6.07, 6.45) is 7.54. The molecule has 2 fully saturated rings. The van der Waals surface area contributed by atoms with Gasteiger partial charge in [-0.25, -0.2) is 9.97 Å². The number of anilines is 1. The van der Waals surface area contributed by atoms with Crippen LogP contribution in [0.4, 0.5) is 11.6 Å². The van der Waals surface area contributed by atoms with Gasteiger partial charge in [0, 0.05) is 18.6 Å². The summed E-state index contributed by atoms with van der Waals surface area (Å²) >= 11 is 0. The average molecular weight is 277 g/mol. The van der Waals surface area contributed by atoms with Crippen LogP contribution in [0.5, 0.6) is 0 Å². The molecule has 2 atom stereocenters. The first-order valence-electron chi connectivity index (χ1n) is 7.05. The zero-order chi connectivity index (χ0) is 14.1. The lowest BCUT2D eigenvalue weighted by molar-refractivity contribution is -0.385. The zero-order valence-corrected chi connectivity index (χ0v) is 11.5. The Morgan fingerprint density at radius 2 is 1.95 bits per heavy atom. The summed E-state index contributed by atoms with van der Waals surface area (Å²) in [5.74, 6) is 1.12. The quantitative estimate of drug-likeness (QED) is 0.665. The average Bonchev–Trinajstić information content (AvgIpc) is 2.66. The minimum absolute atomic E-state index is 0.0760. The molecule has 3 heterocycles. The van der Waals surface area contributed by atoms with E-state index < -0.39 is 4.92 Å². The van der Waals surface area contributed by atoms with Crippen LogP contribution in [0.1, 0.15) is 25.7 Å². The highest BCUT2D eigenvalue weighted by Gasteiger charge is 2.38. The Balaban J connectivity index is 1.54. The Bertz CT molecular complexity index is 478. The maximum atomic E-state index is 10.5. The van der Waals surface area contributed by atoms with Crippen molar-refractivity contribution in [2.24, 2.45) is 5.92 Å². The molecule has 2 aliphatic heterocycles. The molecule has 2 saturated heterocycles. The number of piperidine rings is 1. The standard InChI is InChI=1S/C13H19N5O2/c1-17-10-2-3-11(17)5-9(4-10)6-14-13-15-7-12(8-16-13)18(19)20/h7-11H,2-6H2,1H3,(H,14,15,16). The molecule has 1 aromatic rings. The molecule has 20 heavy (non-hydrogen) atoms. The first-order valence-corrected chi connectivity index (χ1v) is 7.05. The lowest BCUT2D eigenvalue weighted by atomic mass is 9.91. The predicted octanol–water partition coefficient (Wildman–Crippen LogP) is 1.67. The maximum Gasteiger partial charge on any atom is 0.305 e. The van der Waals surface area contributed by atoms with Gasteiger partial charge in [-0.05, 0) is 38.6 Å². The van der Waals surface area contributed by atoms with E-state index in [2.05, 4.69) is 27.2 Å². The summed E-state index contributed by atoms with van der Waals surface area (Å²) in [5.41, 5.74) is -0.0760. The van der Waals surface area contributed by atoms with Gasteiger partial charge in [-0.15, -0.1) is 0 Å². The molecule has 3 rings (SSSR count). The van der Waals surface area contributed by atoms with Crippen molar-refractivity contribution in [1.82, 2.24) is 14.9 Å². The van der Waals surface area contributed by atoms with Gasteiger partial charge >= 0.3 is 5.69 Å². The molecule has 0 aromatic carbocycles. The van der Waals surface area contributed by atoms with E-state index in [4.69, 9.17) is 0 Å². The van der Waals surface area contributed by atoms with E-state index in [0.717, 1.165) is 18.6 Å². The fourth-order valence-corrected chi connectivity index (χ4v) is 3.43. The molecule has 2 aliphatic rings. The number of nitrogens with one attached hydrogen (secondary N) is 1. The molecule has 2 unspecified atom stereocenters. The van der Waals surface area contributed by atoms with Crippen LogP contribution in [0.2, 0.25) is 0 Å². The van der Waals surface area contributed by atoms with Crippen LogP contribution in [-0.4, -0.2) is 45.5 Å². The van der Waals surface area contributed by atoms with Gasteiger partial charge in [0.05, 0.1) is 4.92 Å². The summed E-state index contributed by atoms with van der Waals surface area (Å²) in [5, 5.41) is 13.7. The van der Waals surface area contributed by atoms with Crippen LogP contribution in [0, 0.1) is 16.0 Å². The molecule has 1 aromatic heterocycles. The van der Waals surface area contributed by atoms with Gasteiger partial charge in [0.25, 0.3) is 0 Å².